The lowest BCUT2D eigenvalue weighted by atomic mass is 9.86. The summed E-state index contributed by atoms with van der Waals surface area (Å²) in [5.74, 6) is 0. The van der Waals surface area contributed by atoms with Crippen LogP contribution < -0.4 is 5.32 Å². The van der Waals surface area contributed by atoms with Gasteiger partial charge in [-0.1, -0.05) is 51.1 Å². The predicted molar refractivity (Wildman–Crippen MR) is 90.5 cm³/mol. The fraction of sp³-hybridized carbons (Fsp3) is 0.667. The maximum Gasteiger partial charge on any atom is 0.0681 e. The quantitative estimate of drug-likeness (QED) is 0.696. The van der Waals surface area contributed by atoms with Gasteiger partial charge in [0.05, 0.1) is 12.1 Å². The molecule has 120 valence electrons. The molecule has 0 radical (unpaired) electrons. The van der Waals surface area contributed by atoms with Crippen LogP contribution in [0.4, 0.5) is 0 Å². The average molecular weight is 292 g/mol. The van der Waals surface area contributed by atoms with Crippen molar-refractivity contribution >= 4 is 0 Å². The van der Waals surface area contributed by atoms with Gasteiger partial charge in [-0.2, -0.15) is 0 Å². The Hall–Kier alpha value is -0.900. The van der Waals surface area contributed by atoms with Crippen molar-refractivity contribution in [2.75, 3.05) is 26.2 Å². The van der Waals surface area contributed by atoms with E-state index >= 15 is 0 Å². The van der Waals surface area contributed by atoms with Crippen LogP contribution in [0.15, 0.2) is 30.3 Å². The van der Waals surface area contributed by atoms with Gasteiger partial charge in [0.1, 0.15) is 0 Å². The Labute approximate surface area is 130 Å². The second-order valence-corrected chi connectivity index (χ2v) is 5.77. The van der Waals surface area contributed by atoms with Gasteiger partial charge in [-0.25, -0.2) is 0 Å². The van der Waals surface area contributed by atoms with Crippen LogP contribution in [0.2, 0.25) is 0 Å². The highest BCUT2D eigenvalue weighted by Crippen LogP contribution is 2.25. The smallest absolute Gasteiger partial charge is 0.0681 e. The van der Waals surface area contributed by atoms with Crippen LogP contribution in [-0.4, -0.2) is 42.3 Å². The summed E-state index contributed by atoms with van der Waals surface area (Å²) < 4.78 is 0. The Bertz CT molecular complexity index is 382. The van der Waals surface area contributed by atoms with Crippen molar-refractivity contribution in [2.45, 2.75) is 52.1 Å². The molecule has 3 nitrogen and oxygen atoms in total. The molecule has 3 heteroatoms. The molecule has 2 atom stereocenters. The van der Waals surface area contributed by atoms with Crippen molar-refractivity contribution in [2.24, 2.45) is 0 Å². The summed E-state index contributed by atoms with van der Waals surface area (Å²) in [4.78, 5) is 2.49. The van der Waals surface area contributed by atoms with Gasteiger partial charge >= 0.3 is 0 Å². The highest BCUT2D eigenvalue weighted by Gasteiger charge is 2.31. The van der Waals surface area contributed by atoms with E-state index in [1.54, 1.807) is 0 Å². The molecule has 1 aromatic carbocycles. The van der Waals surface area contributed by atoms with Crippen molar-refractivity contribution < 1.29 is 5.11 Å². The van der Waals surface area contributed by atoms with Gasteiger partial charge in [-0.05, 0) is 38.4 Å². The third-order valence-corrected chi connectivity index (χ3v) is 4.56. The third-order valence-electron chi connectivity index (χ3n) is 4.56. The Kier molecular flexibility index (Phi) is 7.94. The normalized spacial score (nSPS) is 15.9. The molecule has 0 saturated carbocycles. The van der Waals surface area contributed by atoms with Crippen LogP contribution in [0, 0.1) is 0 Å². The topological polar surface area (TPSA) is 35.5 Å². The van der Waals surface area contributed by atoms with Gasteiger partial charge in [-0.3, -0.25) is 0 Å². The second kappa shape index (κ2) is 9.19. The molecule has 0 aromatic heterocycles. The Balaban J connectivity index is 2.88. The zero-order valence-electron chi connectivity index (χ0n) is 14.1. The fourth-order valence-electron chi connectivity index (χ4n) is 2.94. The maximum atomic E-state index is 10.1. The summed E-state index contributed by atoms with van der Waals surface area (Å²) in [5, 5.41) is 13.6. The molecule has 2 unspecified atom stereocenters. The first-order chi connectivity index (χ1) is 10.1. The number of nitrogens with one attached hydrogen (secondary N) is 1. The van der Waals surface area contributed by atoms with Crippen molar-refractivity contribution in [3.8, 4) is 0 Å². The Morgan fingerprint density at radius 2 is 1.86 bits per heavy atom. The standard InChI is InChI=1S/C18H32N2O/c1-5-16(4)20(7-3)14-13-18(15-21,19-6-2)17-11-9-8-10-12-17/h8-12,16,19,21H,5-7,13-15H2,1-4H3. The monoisotopic (exact) mass is 292 g/mol. The maximum absolute atomic E-state index is 10.1. The molecule has 21 heavy (non-hydrogen) atoms. The number of nitrogens with zero attached hydrogens (tertiary/aromatic N) is 1. The van der Waals surface area contributed by atoms with Crippen LogP contribution in [0.3, 0.4) is 0 Å². The number of rotatable bonds is 10. The van der Waals surface area contributed by atoms with Gasteiger partial charge in [0.25, 0.3) is 0 Å². The van der Waals surface area contributed by atoms with E-state index in [0.717, 1.165) is 32.5 Å². The van der Waals surface area contributed by atoms with Crippen molar-refractivity contribution in [3.05, 3.63) is 35.9 Å². The number of aliphatic hydroxyl groups excluding tert-OH is 1. The zero-order valence-corrected chi connectivity index (χ0v) is 14.1. The van der Waals surface area contributed by atoms with Crippen molar-refractivity contribution in [1.29, 1.82) is 0 Å². The predicted octanol–water partition coefficient (Wildman–Crippen LogP) is 2.99. The lowest BCUT2D eigenvalue weighted by Crippen LogP contribution is -2.48. The minimum absolute atomic E-state index is 0.128. The SMILES string of the molecule is CCNC(CO)(CCN(CC)C(C)CC)c1ccccc1. The van der Waals surface area contributed by atoms with Gasteiger partial charge in [0.2, 0.25) is 0 Å². The number of likely N-dealkylation sites (N-methyl/N-ethyl adjacent to an activating group) is 1. The molecule has 0 aliphatic heterocycles. The van der Waals surface area contributed by atoms with Crippen molar-refractivity contribution in [1.82, 2.24) is 10.2 Å². The molecule has 0 bridgehead atoms. The molecule has 0 amide bonds. The first kappa shape index (κ1) is 18.1. The minimum Gasteiger partial charge on any atom is -0.394 e. The van der Waals surface area contributed by atoms with Gasteiger partial charge < -0.3 is 15.3 Å². The zero-order chi connectivity index (χ0) is 15.7. The van der Waals surface area contributed by atoms with E-state index in [1.165, 1.54) is 5.56 Å². The van der Waals surface area contributed by atoms with E-state index in [-0.39, 0.29) is 12.1 Å². The van der Waals surface area contributed by atoms with Crippen LogP contribution in [0.1, 0.15) is 46.1 Å². The number of benzene rings is 1. The summed E-state index contributed by atoms with van der Waals surface area (Å²) in [5.41, 5.74) is 0.839. The molecule has 0 aliphatic carbocycles. The average Bonchev–Trinajstić information content (AvgIpc) is 2.54. The van der Waals surface area contributed by atoms with Gasteiger partial charge in [0, 0.05) is 12.6 Å². The third kappa shape index (κ3) is 4.80. The number of hydrogen-bond donors (Lipinski definition) is 2. The van der Waals surface area contributed by atoms with E-state index in [4.69, 9.17) is 0 Å². The van der Waals surface area contributed by atoms with Crippen LogP contribution in [0.5, 0.6) is 0 Å². The summed E-state index contributed by atoms with van der Waals surface area (Å²) in [7, 11) is 0. The molecule has 0 aliphatic rings. The highest BCUT2D eigenvalue weighted by molar-refractivity contribution is 5.24. The molecule has 1 aromatic rings. The van der Waals surface area contributed by atoms with Crippen LogP contribution >= 0.6 is 0 Å². The van der Waals surface area contributed by atoms with E-state index in [9.17, 15) is 5.11 Å². The molecule has 0 fully saturated rings. The number of hydrogen-bond acceptors (Lipinski definition) is 3. The van der Waals surface area contributed by atoms with Crippen molar-refractivity contribution in [3.63, 3.8) is 0 Å². The molecule has 0 saturated heterocycles. The molecule has 0 heterocycles. The van der Waals surface area contributed by atoms with E-state index < -0.39 is 0 Å². The molecule has 1 rings (SSSR count). The molecule has 0 spiro atoms. The summed E-state index contributed by atoms with van der Waals surface area (Å²) >= 11 is 0. The van der Waals surface area contributed by atoms with Gasteiger partial charge in [0.15, 0.2) is 0 Å². The van der Waals surface area contributed by atoms with E-state index in [2.05, 4.69) is 50.0 Å². The first-order valence-electron chi connectivity index (χ1n) is 8.29. The molecular weight excluding hydrogens is 260 g/mol. The fourth-order valence-corrected chi connectivity index (χ4v) is 2.94. The summed E-state index contributed by atoms with van der Waals surface area (Å²) in [6.07, 6.45) is 2.08. The van der Waals surface area contributed by atoms with Crippen LogP contribution in [-0.2, 0) is 5.54 Å². The van der Waals surface area contributed by atoms with E-state index in [0.29, 0.717) is 6.04 Å². The lowest BCUT2D eigenvalue weighted by Gasteiger charge is -2.37. The number of aliphatic hydroxyl groups is 1. The van der Waals surface area contributed by atoms with Gasteiger partial charge in [-0.15, -0.1) is 0 Å². The first-order valence-corrected chi connectivity index (χ1v) is 8.29. The summed E-state index contributed by atoms with van der Waals surface area (Å²) in [6.45, 7) is 11.8. The second-order valence-electron chi connectivity index (χ2n) is 5.77. The largest absolute Gasteiger partial charge is 0.394 e. The Morgan fingerprint density at radius 3 is 2.33 bits per heavy atom. The van der Waals surface area contributed by atoms with E-state index in [1.807, 2.05) is 18.2 Å². The highest BCUT2D eigenvalue weighted by atomic mass is 16.3. The Morgan fingerprint density at radius 1 is 1.19 bits per heavy atom. The molecular formula is C18H32N2O. The minimum atomic E-state index is -0.336. The lowest BCUT2D eigenvalue weighted by molar-refractivity contribution is 0.122. The summed E-state index contributed by atoms with van der Waals surface area (Å²) in [6, 6.07) is 10.9. The molecule has 2 N–H and O–H groups in total. The van der Waals surface area contributed by atoms with Crippen LogP contribution in [0.25, 0.3) is 0 Å².